The number of rotatable bonds is 3. The molecule has 19 heavy (non-hydrogen) atoms. The van der Waals surface area contributed by atoms with Crippen LogP contribution in [0, 0.1) is 0 Å². The lowest BCUT2D eigenvalue weighted by atomic mass is 10.3. The van der Waals surface area contributed by atoms with Crippen LogP contribution < -0.4 is 10.4 Å². The molecular weight excluding hydrogens is 286 g/mol. The Hall–Kier alpha value is -2.06. The minimum atomic E-state index is -3.57. The molecule has 0 aliphatic carbocycles. The van der Waals surface area contributed by atoms with E-state index in [1.807, 2.05) is 0 Å². The number of hydrogen-bond donors (Lipinski definition) is 3. The zero-order valence-electron chi connectivity index (χ0n) is 9.51. The molecule has 3 aromatic rings. The molecule has 0 bridgehead atoms. The summed E-state index contributed by atoms with van der Waals surface area (Å²) in [6.45, 7) is 0. The van der Waals surface area contributed by atoms with Gasteiger partial charge < -0.3 is 9.97 Å². The second-order valence-electron chi connectivity index (χ2n) is 3.88. The average Bonchev–Trinajstić information content (AvgIpc) is 2.95. The molecule has 0 fully saturated rings. The van der Waals surface area contributed by atoms with Crippen LogP contribution in [0.15, 0.2) is 44.7 Å². The smallest absolute Gasteiger partial charge is 0.306 e. The molecule has 98 valence electrons. The van der Waals surface area contributed by atoms with Crippen LogP contribution in [0.4, 0.5) is 5.69 Å². The van der Waals surface area contributed by atoms with Gasteiger partial charge in [0.05, 0.1) is 16.7 Å². The SMILES string of the molecule is O=c1[nH]c2ccc(NS(=O)(=O)c3cccs3)cc2[nH]1. The van der Waals surface area contributed by atoms with Gasteiger partial charge in [-0.1, -0.05) is 6.07 Å². The van der Waals surface area contributed by atoms with E-state index in [4.69, 9.17) is 0 Å². The van der Waals surface area contributed by atoms with Crippen molar-refractivity contribution < 1.29 is 8.42 Å². The molecule has 0 unspecified atom stereocenters. The molecule has 2 heterocycles. The predicted molar refractivity (Wildman–Crippen MR) is 74.0 cm³/mol. The van der Waals surface area contributed by atoms with E-state index >= 15 is 0 Å². The van der Waals surface area contributed by atoms with Gasteiger partial charge in [0.25, 0.3) is 10.0 Å². The largest absolute Gasteiger partial charge is 0.323 e. The van der Waals surface area contributed by atoms with Crippen LogP contribution in [0.25, 0.3) is 11.0 Å². The van der Waals surface area contributed by atoms with Crippen molar-refractivity contribution in [2.24, 2.45) is 0 Å². The first-order valence-corrected chi connectivity index (χ1v) is 7.69. The average molecular weight is 295 g/mol. The van der Waals surface area contributed by atoms with Crippen LogP contribution >= 0.6 is 11.3 Å². The summed E-state index contributed by atoms with van der Waals surface area (Å²) in [6.07, 6.45) is 0. The van der Waals surface area contributed by atoms with Crippen molar-refractivity contribution in [2.45, 2.75) is 4.21 Å². The van der Waals surface area contributed by atoms with E-state index in [2.05, 4.69) is 14.7 Å². The number of nitrogens with one attached hydrogen (secondary N) is 3. The molecule has 0 saturated heterocycles. The Kier molecular flexibility index (Phi) is 2.68. The Balaban J connectivity index is 1.99. The molecule has 1 aromatic carbocycles. The number of aromatic nitrogens is 2. The van der Waals surface area contributed by atoms with E-state index in [0.717, 1.165) is 11.3 Å². The van der Waals surface area contributed by atoms with E-state index in [9.17, 15) is 13.2 Å². The summed E-state index contributed by atoms with van der Waals surface area (Å²) >= 11 is 1.14. The summed E-state index contributed by atoms with van der Waals surface area (Å²) in [5.74, 6) is 0. The zero-order valence-corrected chi connectivity index (χ0v) is 11.1. The number of anilines is 1. The maximum absolute atomic E-state index is 12.0. The number of aromatic amines is 2. The molecule has 0 atom stereocenters. The maximum atomic E-state index is 12.0. The van der Waals surface area contributed by atoms with Gasteiger partial charge in [0.2, 0.25) is 0 Å². The van der Waals surface area contributed by atoms with Gasteiger partial charge >= 0.3 is 5.69 Å². The van der Waals surface area contributed by atoms with Gasteiger partial charge in [-0.3, -0.25) is 4.72 Å². The van der Waals surface area contributed by atoms with Gasteiger partial charge in [0, 0.05) is 0 Å². The van der Waals surface area contributed by atoms with Gasteiger partial charge in [-0.15, -0.1) is 11.3 Å². The van der Waals surface area contributed by atoms with E-state index in [0.29, 0.717) is 16.7 Å². The number of thiophene rings is 1. The monoisotopic (exact) mass is 295 g/mol. The third-order valence-corrected chi connectivity index (χ3v) is 5.31. The molecule has 3 rings (SSSR count). The first-order chi connectivity index (χ1) is 9.04. The van der Waals surface area contributed by atoms with Gasteiger partial charge in [-0.25, -0.2) is 13.2 Å². The topological polar surface area (TPSA) is 94.8 Å². The maximum Gasteiger partial charge on any atom is 0.323 e. The summed E-state index contributed by atoms with van der Waals surface area (Å²) in [5, 5.41) is 1.70. The van der Waals surface area contributed by atoms with Crippen molar-refractivity contribution in [3.8, 4) is 0 Å². The summed E-state index contributed by atoms with van der Waals surface area (Å²) in [7, 11) is -3.57. The Morgan fingerprint density at radius 2 is 1.89 bits per heavy atom. The quantitative estimate of drug-likeness (QED) is 0.686. The number of sulfonamides is 1. The van der Waals surface area contributed by atoms with Crippen molar-refractivity contribution in [1.29, 1.82) is 0 Å². The third-order valence-electron chi connectivity index (χ3n) is 2.53. The normalized spacial score (nSPS) is 11.8. The molecule has 0 saturated carbocycles. The lowest BCUT2D eigenvalue weighted by Crippen LogP contribution is -2.11. The zero-order chi connectivity index (χ0) is 13.5. The van der Waals surface area contributed by atoms with E-state index < -0.39 is 10.0 Å². The van der Waals surface area contributed by atoms with Crippen LogP contribution in [0.1, 0.15) is 0 Å². The summed E-state index contributed by atoms with van der Waals surface area (Å²) in [5.41, 5.74) is 1.25. The molecule has 0 amide bonds. The highest BCUT2D eigenvalue weighted by molar-refractivity contribution is 7.94. The van der Waals surface area contributed by atoms with Crippen LogP contribution in [0.3, 0.4) is 0 Å². The van der Waals surface area contributed by atoms with Crippen LogP contribution in [-0.2, 0) is 10.0 Å². The molecule has 0 aliphatic rings. The number of benzene rings is 1. The third kappa shape index (κ3) is 2.27. The highest BCUT2D eigenvalue weighted by Gasteiger charge is 2.15. The second kappa shape index (κ2) is 4.25. The van der Waals surface area contributed by atoms with Crippen LogP contribution in [0.5, 0.6) is 0 Å². The van der Waals surface area contributed by atoms with Crippen molar-refractivity contribution in [1.82, 2.24) is 9.97 Å². The highest BCUT2D eigenvalue weighted by atomic mass is 32.2. The minimum Gasteiger partial charge on any atom is -0.306 e. The predicted octanol–water partition coefficient (Wildman–Crippen LogP) is 1.72. The first kappa shape index (κ1) is 12.0. The van der Waals surface area contributed by atoms with E-state index in [-0.39, 0.29) is 9.90 Å². The number of fused-ring (bicyclic) bond motifs is 1. The molecule has 0 radical (unpaired) electrons. The van der Waals surface area contributed by atoms with Gasteiger partial charge in [-0.05, 0) is 29.6 Å². The first-order valence-electron chi connectivity index (χ1n) is 5.33. The molecule has 0 aliphatic heterocycles. The number of imidazole rings is 1. The lowest BCUT2D eigenvalue weighted by molar-refractivity contribution is 0.603. The van der Waals surface area contributed by atoms with Gasteiger partial charge in [0.15, 0.2) is 0 Å². The lowest BCUT2D eigenvalue weighted by Gasteiger charge is -2.05. The van der Waals surface area contributed by atoms with Crippen LogP contribution in [0.2, 0.25) is 0 Å². The molecule has 0 spiro atoms. The Bertz CT molecular complexity index is 875. The Morgan fingerprint density at radius 3 is 2.63 bits per heavy atom. The van der Waals surface area contributed by atoms with Gasteiger partial charge in [-0.2, -0.15) is 0 Å². The van der Waals surface area contributed by atoms with E-state index in [1.165, 1.54) is 6.07 Å². The number of H-pyrrole nitrogens is 2. The fourth-order valence-electron chi connectivity index (χ4n) is 1.72. The fourth-order valence-corrected chi connectivity index (χ4v) is 3.76. The number of hydrogen-bond acceptors (Lipinski definition) is 4. The minimum absolute atomic E-state index is 0.246. The second-order valence-corrected chi connectivity index (χ2v) is 6.73. The van der Waals surface area contributed by atoms with Crippen molar-refractivity contribution >= 4 is 38.1 Å². The summed E-state index contributed by atoms with van der Waals surface area (Å²) < 4.78 is 26.8. The molecule has 3 N–H and O–H groups in total. The van der Waals surface area contributed by atoms with Crippen molar-refractivity contribution in [3.63, 3.8) is 0 Å². The summed E-state index contributed by atoms with van der Waals surface area (Å²) in [6, 6.07) is 8.00. The standard InChI is InChI=1S/C11H9N3O3S2/c15-11-12-8-4-3-7(6-9(8)13-11)14-19(16,17)10-2-1-5-18-10/h1-6,14H,(H2,12,13,15). The Morgan fingerprint density at radius 1 is 1.11 bits per heavy atom. The fraction of sp³-hybridized carbons (Fsp3) is 0. The molecule has 6 nitrogen and oxygen atoms in total. The highest BCUT2D eigenvalue weighted by Crippen LogP contribution is 2.21. The summed E-state index contributed by atoms with van der Waals surface area (Å²) in [4.78, 5) is 16.3. The molecular formula is C11H9N3O3S2. The van der Waals surface area contributed by atoms with Crippen molar-refractivity contribution in [2.75, 3.05) is 4.72 Å². The van der Waals surface area contributed by atoms with Crippen molar-refractivity contribution in [3.05, 3.63) is 46.2 Å². The molecule has 8 heteroatoms. The van der Waals surface area contributed by atoms with Crippen LogP contribution in [-0.4, -0.2) is 18.4 Å². The van der Waals surface area contributed by atoms with Gasteiger partial charge in [0.1, 0.15) is 4.21 Å². The molecule has 2 aromatic heterocycles. The Labute approximate surface area is 112 Å². The van der Waals surface area contributed by atoms with E-state index in [1.54, 1.807) is 29.6 Å².